The summed E-state index contributed by atoms with van der Waals surface area (Å²) in [5, 5.41) is 0. The number of unbranched alkanes of at least 4 members (excludes halogenated alkanes) is 8. The van der Waals surface area contributed by atoms with E-state index in [-0.39, 0.29) is 6.10 Å². The molecule has 1 radical (unpaired) electrons. The van der Waals surface area contributed by atoms with Crippen LogP contribution in [0.4, 0.5) is 0 Å². The SMILES string of the molecule is [CH2]CC=C(CCC(CCCCCCCCCCC)OC(C)C)OC(C)C. The van der Waals surface area contributed by atoms with Crippen LogP contribution in [0.15, 0.2) is 11.8 Å². The van der Waals surface area contributed by atoms with Crippen LogP contribution in [0, 0.1) is 6.92 Å². The van der Waals surface area contributed by atoms with Gasteiger partial charge >= 0.3 is 0 Å². The lowest BCUT2D eigenvalue weighted by molar-refractivity contribution is -0.00544. The maximum Gasteiger partial charge on any atom is 0.0926 e. The molecule has 0 heterocycles. The van der Waals surface area contributed by atoms with Gasteiger partial charge in [-0.15, -0.1) is 0 Å². The van der Waals surface area contributed by atoms with Gasteiger partial charge in [-0.05, 0) is 60.0 Å². The van der Waals surface area contributed by atoms with E-state index in [2.05, 4.69) is 47.6 Å². The van der Waals surface area contributed by atoms with Gasteiger partial charge in [0.1, 0.15) is 0 Å². The fourth-order valence-electron chi connectivity index (χ4n) is 3.32. The molecular weight excluding hydrogens is 320 g/mol. The summed E-state index contributed by atoms with van der Waals surface area (Å²) in [6, 6.07) is 0. The summed E-state index contributed by atoms with van der Waals surface area (Å²) in [5.74, 6) is 1.08. The topological polar surface area (TPSA) is 18.5 Å². The lowest BCUT2D eigenvalue weighted by Crippen LogP contribution is -2.18. The van der Waals surface area contributed by atoms with E-state index < -0.39 is 0 Å². The summed E-state index contributed by atoms with van der Waals surface area (Å²) >= 11 is 0. The zero-order valence-electron chi connectivity index (χ0n) is 18.5. The van der Waals surface area contributed by atoms with E-state index in [0.717, 1.165) is 25.0 Å². The van der Waals surface area contributed by atoms with E-state index in [1.54, 1.807) is 0 Å². The van der Waals surface area contributed by atoms with Crippen LogP contribution in [0.3, 0.4) is 0 Å². The molecule has 26 heavy (non-hydrogen) atoms. The van der Waals surface area contributed by atoms with Crippen molar-refractivity contribution >= 4 is 0 Å². The van der Waals surface area contributed by atoms with Gasteiger partial charge in [-0.3, -0.25) is 0 Å². The van der Waals surface area contributed by atoms with Crippen molar-refractivity contribution in [1.29, 1.82) is 0 Å². The summed E-state index contributed by atoms with van der Waals surface area (Å²) in [5.41, 5.74) is 0. The molecule has 0 aliphatic heterocycles. The number of allylic oxidation sites excluding steroid dienone is 2. The molecule has 0 bridgehead atoms. The van der Waals surface area contributed by atoms with Gasteiger partial charge in [-0.2, -0.15) is 0 Å². The fourth-order valence-corrected chi connectivity index (χ4v) is 3.32. The molecule has 1 atom stereocenters. The third-order valence-electron chi connectivity index (χ3n) is 4.57. The Morgan fingerprint density at radius 1 is 0.808 bits per heavy atom. The zero-order chi connectivity index (χ0) is 19.6. The number of hydrogen-bond donors (Lipinski definition) is 0. The molecule has 0 amide bonds. The lowest BCUT2D eigenvalue weighted by atomic mass is 10.0. The Kier molecular flexibility index (Phi) is 17.5. The average Bonchev–Trinajstić information content (AvgIpc) is 2.57. The summed E-state index contributed by atoms with van der Waals surface area (Å²) in [4.78, 5) is 0. The molecule has 0 aliphatic rings. The van der Waals surface area contributed by atoms with E-state index in [4.69, 9.17) is 9.47 Å². The van der Waals surface area contributed by atoms with Gasteiger partial charge in [-0.25, -0.2) is 0 Å². The smallest absolute Gasteiger partial charge is 0.0926 e. The largest absolute Gasteiger partial charge is 0.496 e. The molecule has 2 heteroatoms. The van der Waals surface area contributed by atoms with Gasteiger partial charge in [0.25, 0.3) is 0 Å². The maximum absolute atomic E-state index is 6.16. The molecule has 0 saturated heterocycles. The Morgan fingerprint density at radius 2 is 1.38 bits per heavy atom. The Hall–Kier alpha value is -0.500. The van der Waals surface area contributed by atoms with E-state index >= 15 is 0 Å². The van der Waals surface area contributed by atoms with Gasteiger partial charge in [0.05, 0.1) is 24.1 Å². The van der Waals surface area contributed by atoms with Crippen molar-refractivity contribution in [2.75, 3.05) is 0 Å². The monoisotopic (exact) mass is 367 g/mol. The van der Waals surface area contributed by atoms with Crippen LogP contribution in [-0.2, 0) is 9.47 Å². The van der Waals surface area contributed by atoms with Crippen molar-refractivity contribution in [2.24, 2.45) is 0 Å². The number of ether oxygens (including phenoxy) is 2. The third kappa shape index (κ3) is 16.9. The predicted molar refractivity (Wildman–Crippen MR) is 115 cm³/mol. The molecule has 0 fully saturated rings. The van der Waals surface area contributed by atoms with Crippen LogP contribution in [0.25, 0.3) is 0 Å². The van der Waals surface area contributed by atoms with Crippen LogP contribution in [0.1, 0.15) is 118 Å². The summed E-state index contributed by atoms with van der Waals surface area (Å²) < 4.78 is 12.1. The third-order valence-corrected chi connectivity index (χ3v) is 4.57. The van der Waals surface area contributed by atoms with Crippen molar-refractivity contribution in [3.63, 3.8) is 0 Å². The van der Waals surface area contributed by atoms with Gasteiger partial charge in [-0.1, -0.05) is 64.7 Å². The van der Waals surface area contributed by atoms with Crippen molar-refractivity contribution in [2.45, 2.75) is 136 Å². The van der Waals surface area contributed by atoms with Gasteiger partial charge in [0.15, 0.2) is 0 Å². The molecule has 0 rings (SSSR count). The van der Waals surface area contributed by atoms with Crippen LogP contribution in [-0.4, -0.2) is 18.3 Å². The number of hydrogen-bond acceptors (Lipinski definition) is 2. The van der Waals surface area contributed by atoms with Crippen molar-refractivity contribution in [3.05, 3.63) is 18.8 Å². The molecule has 0 spiro atoms. The molecule has 0 aromatic carbocycles. The minimum atomic E-state index is 0.231. The molecule has 0 aliphatic carbocycles. The second-order valence-electron chi connectivity index (χ2n) is 8.09. The van der Waals surface area contributed by atoms with Crippen LogP contribution < -0.4 is 0 Å². The molecular formula is C24H47O2. The van der Waals surface area contributed by atoms with Crippen molar-refractivity contribution in [1.82, 2.24) is 0 Å². The Balaban J connectivity index is 4.03. The minimum Gasteiger partial charge on any atom is -0.496 e. The summed E-state index contributed by atoms with van der Waals surface area (Å²) in [7, 11) is 0. The maximum atomic E-state index is 6.16. The Morgan fingerprint density at radius 3 is 1.88 bits per heavy atom. The Bertz CT molecular complexity index is 320. The van der Waals surface area contributed by atoms with Crippen LogP contribution in [0.5, 0.6) is 0 Å². The molecule has 0 aromatic heterocycles. The lowest BCUT2D eigenvalue weighted by Gasteiger charge is -2.22. The first-order valence-corrected chi connectivity index (χ1v) is 11.3. The van der Waals surface area contributed by atoms with Crippen molar-refractivity contribution in [3.8, 4) is 0 Å². The zero-order valence-corrected chi connectivity index (χ0v) is 18.5. The molecule has 0 aromatic rings. The van der Waals surface area contributed by atoms with E-state index in [9.17, 15) is 0 Å². The molecule has 1 unspecified atom stereocenters. The summed E-state index contributed by atoms with van der Waals surface area (Å²) in [6.45, 7) is 14.7. The van der Waals surface area contributed by atoms with E-state index in [0.29, 0.717) is 12.2 Å². The van der Waals surface area contributed by atoms with Crippen LogP contribution >= 0.6 is 0 Å². The summed E-state index contributed by atoms with van der Waals surface area (Å²) in [6.07, 6.45) is 19.4. The fraction of sp³-hybridized carbons (Fsp3) is 0.875. The van der Waals surface area contributed by atoms with E-state index in [1.165, 1.54) is 64.2 Å². The van der Waals surface area contributed by atoms with Gasteiger partial charge in [0, 0.05) is 6.42 Å². The highest BCUT2D eigenvalue weighted by Gasteiger charge is 2.13. The Labute approximate surface area is 165 Å². The quantitative estimate of drug-likeness (QED) is 0.180. The van der Waals surface area contributed by atoms with Crippen LogP contribution in [0.2, 0.25) is 0 Å². The molecule has 0 saturated carbocycles. The molecule has 2 nitrogen and oxygen atoms in total. The van der Waals surface area contributed by atoms with Gasteiger partial charge < -0.3 is 9.47 Å². The molecule has 0 N–H and O–H groups in total. The second-order valence-corrected chi connectivity index (χ2v) is 8.09. The van der Waals surface area contributed by atoms with E-state index in [1.807, 2.05) is 0 Å². The first kappa shape index (κ1) is 25.5. The second kappa shape index (κ2) is 17.9. The van der Waals surface area contributed by atoms with Gasteiger partial charge in [0.2, 0.25) is 0 Å². The highest BCUT2D eigenvalue weighted by atomic mass is 16.5. The normalized spacial score (nSPS) is 13.6. The first-order chi connectivity index (χ1) is 12.5. The number of rotatable bonds is 18. The average molecular weight is 368 g/mol. The standard InChI is InChI=1S/C24H47O2/c1-7-9-10-11-12-13-14-15-16-18-24(26-22(5)6)20-19-23(17-8-2)25-21(3)4/h17,21-22,24H,2,7-16,18-20H2,1,3-6H3. The highest BCUT2D eigenvalue weighted by molar-refractivity contribution is 4.94. The minimum absolute atomic E-state index is 0.231. The van der Waals surface area contributed by atoms with Crippen molar-refractivity contribution < 1.29 is 9.47 Å². The molecule has 155 valence electrons. The first-order valence-electron chi connectivity index (χ1n) is 11.3. The predicted octanol–water partition coefficient (Wildman–Crippen LogP) is 8.01. The highest BCUT2D eigenvalue weighted by Crippen LogP contribution is 2.20.